The Morgan fingerprint density at radius 2 is 0.456 bits per heavy atom. The van der Waals surface area contributed by atoms with Crippen LogP contribution in [0.2, 0.25) is 0 Å². The van der Waals surface area contributed by atoms with Gasteiger partial charge in [-0.25, -0.2) is 0 Å². The minimum atomic E-state index is -0.785. The summed E-state index contributed by atoms with van der Waals surface area (Å²) in [6.07, 6.45) is 86.7. The van der Waals surface area contributed by atoms with Crippen molar-refractivity contribution in [2.75, 3.05) is 13.2 Å². The molecule has 0 aromatic carbocycles. The Bertz CT molecular complexity index is 1410. The number of ether oxygens (including phenoxy) is 3. The molecule has 0 radical (unpaired) electrons. The van der Waals surface area contributed by atoms with Gasteiger partial charge in [0.1, 0.15) is 13.2 Å². The lowest BCUT2D eigenvalue weighted by Gasteiger charge is -2.18. The molecule has 0 saturated carbocycles. The van der Waals surface area contributed by atoms with Crippen LogP contribution in [0.4, 0.5) is 0 Å². The smallest absolute Gasteiger partial charge is 0.306 e. The van der Waals surface area contributed by atoms with Gasteiger partial charge in [-0.2, -0.15) is 0 Å². The summed E-state index contributed by atoms with van der Waals surface area (Å²) in [7, 11) is 0. The average Bonchev–Trinajstić information content (AvgIpc) is 3.45. The van der Waals surface area contributed by atoms with E-state index in [1.165, 1.54) is 238 Å². The summed E-state index contributed by atoms with van der Waals surface area (Å²) in [6.45, 7) is 6.64. The lowest BCUT2D eigenvalue weighted by molar-refractivity contribution is -0.167. The maximum atomic E-state index is 12.9. The molecular formula is C73H132O6. The van der Waals surface area contributed by atoms with E-state index in [0.29, 0.717) is 19.3 Å². The summed E-state index contributed by atoms with van der Waals surface area (Å²) in [5, 5.41) is 0. The maximum Gasteiger partial charge on any atom is 0.306 e. The number of carbonyl (C=O) groups excluding carboxylic acids is 3. The van der Waals surface area contributed by atoms with Gasteiger partial charge in [0.25, 0.3) is 0 Å². The summed E-state index contributed by atoms with van der Waals surface area (Å²) < 4.78 is 17.0. The lowest BCUT2D eigenvalue weighted by Crippen LogP contribution is -2.30. The van der Waals surface area contributed by atoms with Gasteiger partial charge in [0, 0.05) is 19.3 Å². The van der Waals surface area contributed by atoms with Crippen molar-refractivity contribution >= 4 is 17.9 Å². The van der Waals surface area contributed by atoms with E-state index < -0.39 is 6.10 Å². The Morgan fingerprint density at radius 1 is 0.253 bits per heavy atom. The first-order chi connectivity index (χ1) is 39.0. The zero-order chi connectivity index (χ0) is 57.1. The average molecular weight is 1110 g/mol. The van der Waals surface area contributed by atoms with Crippen LogP contribution in [0.15, 0.2) is 60.8 Å². The number of rotatable bonds is 64. The molecule has 0 amide bonds. The molecule has 1 unspecified atom stereocenters. The normalized spacial score (nSPS) is 12.4. The fraction of sp³-hybridized carbons (Fsp3) is 0.822. The van der Waals surface area contributed by atoms with E-state index >= 15 is 0 Å². The van der Waals surface area contributed by atoms with E-state index in [1.54, 1.807) is 0 Å². The van der Waals surface area contributed by atoms with Crippen LogP contribution in [-0.4, -0.2) is 37.2 Å². The lowest BCUT2D eigenvalue weighted by atomic mass is 10.0. The number of esters is 3. The Labute approximate surface area is 491 Å². The second-order valence-corrected chi connectivity index (χ2v) is 23.4. The molecule has 0 aliphatic rings. The minimum absolute atomic E-state index is 0.0795. The molecule has 0 heterocycles. The highest BCUT2D eigenvalue weighted by Crippen LogP contribution is 2.17. The van der Waals surface area contributed by atoms with Crippen molar-refractivity contribution in [3.63, 3.8) is 0 Å². The Kier molecular flexibility index (Phi) is 65.1. The van der Waals surface area contributed by atoms with Crippen LogP contribution < -0.4 is 0 Å². The van der Waals surface area contributed by atoms with Crippen molar-refractivity contribution in [3.8, 4) is 0 Å². The van der Waals surface area contributed by atoms with Gasteiger partial charge in [0.05, 0.1) is 0 Å². The van der Waals surface area contributed by atoms with Gasteiger partial charge in [-0.05, 0) is 109 Å². The molecule has 79 heavy (non-hydrogen) atoms. The molecule has 460 valence electrons. The molecule has 0 N–H and O–H groups in total. The Balaban J connectivity index is 4.29. The van der Waals surface area contributed by atoms with Gasteiger partial charge in [0.2, 0.25) is 0 Å². The molecule has 0 bridgehead atoms. The van der Waals surface area contributed by atoms with Crippen LogP contribution >= 0.6 is 0 Å². The largest absolute Gasteiger partial charge is 0.462 e. The molecule has 6 heteroatoms. The molecule has 6 nitrogen and oxygen atoms in total. The van der Waals surface area contributed by atoms with Gasteiger partial charge in [-0.3, -0.25) is 14.4 Å². The first-order valence-corrected chi connectivity index (χ1v) is 34.8. The standard InChI is InChI=1S/C73H132O6/c1-4-7-10-13-16-19-22-25-28-30-32-33-34-35-36-37-38-39-41-42-45-48-51-54-57-60-63-66-72(75)78-69-70(68-77-71(74)65-62-59-56-53-50-47-44-27-24-21-18-15-12-9-6-3)79-73(76)67-64-61-58-55-52-49-46-43-40-31-29-26-23-20-17-14-11-8-5-2/h17,20,26-27,29-30,32,40,43-44,70H,4-16,18-19,21-25,28,31,33-39,41-42,45-69H2,1-3H3/b20-17-,29-26-,32-30-,43-40-,44-27-. The quantitative estimate of drug-likeness (QED) is 0.0261. The van der Waals surface area contributed by atoms with Crippen LogP contribution in [0.1, 0.15) is 367 Å². The molecule has 0 aliphatic heterocycles. The third-order valence-electron chi connectivity index (χ3n) is 15.5. The number of hydrogen-bond donors (Lipinski definition) is 0. The van der Waals surface area contributed by atoms with Crippen molar-refractivity contribution in [3.05, 3.63) is 60.8 Å². The Hall–Kier alpha value is -2.89. The summed E-state index contributed by atoms with van der Waals surface area (Å²) in [4.78, 5) is 38.4. The highest BCUT2D eigenvalue weighted by atomic mass is 16.6. The predicted octanol–water partition coefficient (Wildman–Crippen LogP) is 23.9. The van der Waals surface area contributed by atoms with Gasteiger partial charge in [0.15, 0.2) is 6.10 Å². The van der Waals surface area contributed by atoms with Gasteiger partial charge >= 0.3 is 17.9 Å². The van der Waals surface area contributed by atoms with E-state index in [0.717, 1.165) is 89.9 Å². The van der Waals surface area contributed by atoms with E-state index in [2.05, 4.69) is 81.5 Å². The first-order valence-electron chi connectivity index (χ1n) is 34.8. The van der Waals surface area contributed by atoms with E-state index in [4.69, 9.17) is 14.2 Å². The van der Waals surface area contributed by atoms with Crippen LogP contribution in [0.3, 0.4) is 0 Å². The topological polar surface area (TPSA) is 78.9 Å². The molecule has 0 aliphatic carbocycles. The minimum Gasteiger partial charge on any atom is -0.462 e. The van der Waals surface area contributed by atoms with Crippen molar-refractivity contribution in [1.82, 2.24) is 0 Å². The zero-order valence-corrected chi connectivity index (χ0v) is 52.9. The second-order valence-electron chi connectivity index (χ2n) is 23.4. The van der Waals surface area contributed by atoms with Crippen molar-refractivity contribution in [2.24, 2.45) is 0 Å². The van der Waals surface area contributed by atoms with Gasteiger partial charge in [-0.15, -0.1) is 0 Å². The summed E-state index contributed by atoms with van der Waals surface area (Å²) in [6, 6.07) is 0. The van der Waals surface area contributed by atoms with Gasteiger partial charge < -0.3 is 14.2 Å². The monoisotopic (exact) mass is 1110 g/mol. The highest BCUT2D eigenvalue weighted by Gasteiger charge is 2.19. The molecule has 0 fully saturated rings. The van der Waals surface area contributed by atoms with E-state index in [-0.39, 0.29) is 31.1 Å². The van der Waals surface area contributed by atoms with E-state index in [1.807, 2.05) is 0 Å². The van der Waals surface area contributed by atoms with Crippen LogP contribution in [0, 0.1) is 0 Å². The van der Waals surface area contributed by atoms with Gasteiger partial charge in [-0.1, -0.05) is 300 Å². The van der Waals surface area contributed by atoms with Crippen molar-refractivity contribution < 1.29 is 28.6 Å². The fourth-order valence-corrected chi connectivity index (χ4v) is 10.2. The van der Waals surface area contributed by atoms with Crippen LogP contribution in [-0.2, 0) is 28.6 Å². The Morgan fingerprint density at radius 3 is 0.747 bits per heavy atom. The fourth-order valence-electron chi connectivity index (χ4n) is 10.2. The summed E-state index contributed by atoms with van der Waals surface area (Å²) in [5.74, 6) is -0.880. The third kappa shape index (κ3) is 65.8. The third-order valence-corrected chi connectivity index (χ3v) is 15.5. The molecule has 0 saturated heterocycles. The zero-order valence-electron chi connectivity index (χ0n) is 52.9. The predicted molar refractivity (Wildman–Crippen MR) is 344 cm³/mol. The number of allylic oxidation sites excluding steroid dienone is 10. The number of carbonyl (C=O) groups is 3. The number of unbranched alkanes of at least 4 members (excludes halogenated alkanes) is 43. The highest BCUT2D eigenvalue weighted by molar-refractivity contribution is 5.71. The van der Waals surface area contributed by atoms with Crippen LogP contribution in [0.25, 0.3) is 0 Å². The van der Waals surface area contributed by atoms with Crippen LogP contribution in [0.5, 0.6) is 0 Å². The molecule has 0 aromatic heterocycles. The number of hydrogen-bond acceptors (Lipinski definition) is 6. The van der Waals surface area contributed by atoms with Crippen molar-refractivity contribution in [1.29, 1.82) is 0 Å². The van der Waals surface area contributed by atoms with Crippen molar-refractivity contribution in [2.45, 2.75) is 374 Å². The SMILES string of the molecule is CCCCC/C=C\C/C=C\C/C=C\CCCCCCCCC(=O)OC(COC(=O)CCCCCCC/C=C\CCCCCCCC)COC(=O)CCCCCCCCCCCCCCCCC/C=C\CCCCCCCCCC. The molecule has 0 aromatic rings. The first kappa shape index (κ1) is 76.1. The molecule has 1 atom stereocenters. The molecule has 0 spiro atoms. The summed E-state index contributed by atoms with van der Waals surface area (Å²) in [5.41, 5.74) is 0. The second kappa shape index (κ2) is 67.6. The molecular weight excluding hydrogens is 973 g/mol. The molecule has 0 rings (SSSR count). The maximum absolute atomic E-state index is 12.9. The summed E-state index contributed by atoms with van der Waals surface area (Å²) >= 11 is 0. The van der Waals surface area contributed by atoms with E-state index in [9.17, 15) is 14.4 Å².